The summed E-state index contributed by atoms with van der Waals surface area (Å²) in [5.74, 6) is 3.00. The molecule has 2 rings (SSSR count). The van der Waals surface area contributed by atoms with Crippen LogP contribution in [-0.2, 0) is 0 Å². The van der Waals surface area contributed by atoms with Crippen molar-refractivity contribution in [3.05, 3.63) is 5.92 Å². The molecule has 0 nitrogen and oxygen atoms in total. The van der Waals surface area contributed by atoms with Crippen molar-refractivity contribution in [2.45, 2.75) is 83.5 Å². The minimum absolute atomic E-state index is 1.04. The zero-order valence-corrected chi connectivity index (χ0v) is 10.3. The molecule has 15 heavy (non-hydrogen) atoms. The van der Waals surface area contributed by atoms with Crippen LogP contribution in [0.1, 0.15) is 83.5 Å². The summed E-state index contributed by atoms with van der Waals surface area (Å²) in [5.41, 5.74) is 0. The van der Waals surface area contributed by atoms with Gasteiger partial charge in [0.15, 0.2) is 0 Å². The van der Waals surface area contributed by atoms with Gasteiger partial charge in [0, 0.05) is 0 Å². The topological polar surface area (TPSA) is 0 Å². The van der Waals surface area contributed by atoms with Gasteiger partial charge in [-0.25, -0.2) is 0 Å². The van der Waals surface area contributed by atoms with Gasteiger partial charge >= 0.3 is 0 Å². The molecule has 0 aromatic rings. The van der Waals surface area contributed by atoms with Gasteiger partial charge in [0.05, 0.1) is 0 Å². The second kappa shape index (κ2) is 6.55. The van der Waals surface area contributed by atoms with E-state index >= 15 is 0 Å². The van der Waals surface area contributed by atoms with Crippen molar-refractivity contribution in [1.29, 1.82) is 0 Å². The van der Waals surface area contributed by atoms with E-state index in [1.54, 1.807) is 0 Å². The first-order valence-electron chi connectivity index (χ1n) is 7.31. The van der Waals surface area contributed by atoms with Crippen molar-refractivity contribution in [1.82, 2.24) is 0 Å². The molecule has 2 saturated carbocycles. The summed E-state index contributed by atoms with van der Waals surface area (Å²) < 4.78 is 0. The van der Waals surface area contributed by atoms with Gasteiger partial charge in [-0.15, -0.1) is 0 Å². The van der Waals surface area contributed by atoms with Gasteiger partial charge in [-0.05, 0) is 37.5 Å². The number of hydrogen-bond acceptors (Lipinski definition) is 0. The van der Waals surface area contributed by atoms with E-state index in [9.17, 15) is 0 Å². The third-order valence-electron chi connectivity index (χ3n) is 4.43. The van der Waals surface area contributed by atoms with Crippen LogP contribution in [0, 0.1) is 11.8 Å². The Morgan fingerprint density at radius 3 is 1.73 bits per heavy atom. The van der Waals surface area contributed by atoms with Gasteiger partial charge in [-0.2, -0.15) is 0 Å². The molecule has 0 aromatic carbocycles. The number of hydrogen-bond donors (Lipinski definition) is 0. The zero-order chi connectivity index (χ0) is 10.3. The molecule has 0 bridgehead atoms. The van der Waals surface area contributed by atoms with Gasteiger partial charge < -0.3 is 0 Å². The van der Waals surface area contributed by atoms with Crippen LogP contribution in [0.4, 0.5) is 0 Å². The predicted octanol–water partition coefficient (Wildman–Crippen LogP) is 5.28. The molecule has 1 radical (unpaired) electrons. The van der Waals surface area contributed by atoms with Crippen molar-refractivity contribution >= 4 is 0 Å². The maximum absolute atomic E-state index is 1.96. The van der Waals surface area contributed by atoms with Crippen LogP contribution in [0.5, 0.6) is 0 Å². The first-order valence-corrected chi connectivity index (χ1v) is 7.31. The average molecular weight is 207 g/mol. The van der Waals surface area contributed by atoms with Crippen LogP contribution in [0.15, 0.2) is 0 Å². The summed E-state index contributed by atoms with van der Waals surface area (Å²) in [4.78, 5) is 0. The van der Waals surface area contributed by atoms with E-state index < -0.39 is 0 Å². The van der Waals surface area contributed by atoms with Crippen molar-refractivity contribution in [2.75, 3.05) is 0 Å². The van der Waals surface area contributed by atoms with E-state index in [-0.39, 0.29) is 0 Å². The lowest BCUT2D eigenvalue weighted by atomic mass is 9.74. The molecule has 0 saturated heterocycles. The lowest BCUT2D eigenvalue weighted by molar-refractivity contribution is 0.343. The Morgan fingerprint density at radius 1 is 0.533 bits per heavy atom. The van der Waals surface area contributed by atoms with Gasteiger partial charge in [-0.1, -0.05) is 57.8 Å². The number of rotatable bonds is 0. The molecular weight excluding hydrogens is 180 g/mol. The molecule has 2 aliphatic rings. The Balaban J connectivity index is 1.83. The summed E-state index contributed by atoms with van der Waals surface area (Å²) in [6, 6.07) is 0. The van der Waals surface area contributed by atoms with Crippen molar-refractivity contribution < 1.29 is 0 Å². The summed E-state index contributed by atoms with van der Waals surface area (Å²) >= 11 is 0. The molecule has 1 unspecified atom stereocenters. The van der Waals surface area contributed by atoms with E-state index in [1.807, 2.05) is 5.92 Å². The van der Waals surface area contributed by atoms with E-state index in [1.165, 1.54) is 83.5 Å². The summed E-state index contributed by atoms with van der Waals surface area (Å²) in [6.07, 6.45) is 19.5. The predicted molar refractivity (Wildman–Crippen MR) is 66.8 cm³/mol. The largest absolute Gasteiger partial charge is 0.0533 e. The van der Waals surface area contributed by atoms with Gasteiger partial charge in [0.1, 0.15) is 0 Å². The Kier molecular flexibility index (Phi) is 5.02. The molecule has 87 valence electrons. The monoisotopic (exact) mass is 207 g/mol. The van der Waals surface area contributed by atoms with Crippen LogP contribution in [0.2, 0.25) is 0 Å². The molecule has 2 aliphatic carbocycles. The fourth-order valence-electron chi connectivity index (χ4n) is 3.46. The Hall–Kier alpha value is 0. The fourth-order valence-corrected chi connectivity index (χ4v) is 3.46. The van der Waals surface area contributed by atoms with Crippen LogP contribution in [0.25, 0.3) is 0 Å². The average Bonchev–Trinajstić information content (AvgIpc) is 2.32. The quantitative estimate of drug-likeness (QED) is 0.507. The SMILES string of the molecule is C1CCCC[C]2CCCCC2CCCC1. The van der Waals surface area contributed by atoms with Crippen molar-refractivity contribution in [2.24, 2.45) is 5.92 Å². The van der Waals surface area contributed by atoms with Crippen molar-refractivity contribution in [3.8, 4) is 0 Å². The third kappa shape index (κ3) is 3.81. The molecular formula is C15H27. The molecule has 1 atom stereocenters. The van der Waals surface area contributed by atoms with Crippen molar-refractivity contribution in [3.63, 3.8) is 0 Å². The highest BCUT2D eigenvalue weighted by atomic mass is 14.3. The second-order valence-electron chi connectivity index (χ2n) is 5.61. The molecule has 0 heterocycles. The molecule has 0 N–H and O–H groups in total. The molecule has 0 aromatic heterocycles. The molecule has 0 amide bonds. The Labute approximate surface area is 95.8 Å². The summed E-state index contributed by atoms with van der Waals surface area (Å²) in [7, 11) is 0. The molecule has 2 fully saturated rings. The molecule has 0 spiro atoms. The molecule has 0 heteroatoms. The number of fused-ring (bicyclic) bond motifs is 1. The van der Waals surface area contributed by atoms with Crippen LogP contribution < -0.4 is 0 Å². The fraction of sp³-hybridized carbons (Fsp3) is 0.933. The standard InChI is InChI=1S/C15H27/c1-2-4-6-10-14-12-8-9-13-15(14)11-7-5-3-1/h14H,1-13H2. The van der Waals surface area contributed by atoms with Gasteiger partial charge in [0.25, 0.3) is 0 Å². The normalized spacial score (nSPS) is 31.6. The third-order valence-corrected chi connectivity index (χ3v) is 4.43. The maximum atomic E-state index is 1.96. The molecule has 0 aliphatic heterocycles. The highest BCUT2D eigenvalue weighted by Crippen LogP contribution is 2.38. The lowest BCUT2D eigenvalue weighted by Crippen LogP contribution is -2.17. The maximum Gasteiger partial charge on any atom is -0.0210 e. The minimum Gasteiger partial charge on any atom is -0.0533 e. The van der Waals surface area contributed by atoms with E-state index in [4.69, 9.17) is 0 Å². The second-order valence-corrected chi connectivity index (χ2v) is 5.61. The van der Waals surface area contributed by atoms with Crippen LogP contribution in [0.3, 0.4) is 0 Å². The Bertz CT molecular complexity index is 143. The van der Waals surface area contributed by atoms with E-state index in [2.05, 4.69) is 0 Å². The first kappa shape index (κ1) is 11.5. The van der Waals surface area contributed by atoms with Crippen LogP contribution in [-0.4, -0.2) is 0 Å². The van der Waals surface area contributed by atoms with E-state index in [0.29, 0.717) is 0 Å². The smallest absolute Gasteiger partial charge is 0.0210 e. The summed E-state index contributed by atoms with van der Waals surface area (Å²) in [5, 5.41) is 0. The highest BCUT2D eigenvalue weighted by Gasteiger charge is 2.24. The van der Waals surface area contributed by atoms with Crippen LogP contribution >= 0.6 is 0 Å². The minimum atomic E-state index is 1.04. The zero-order valence-electron chi connectivity index (χ0n) is 10.3. The first-order chi connectivity index (χ1) is 7.47. The van der Waals surface area contributed by atoms with Gasteiger partial charge in [0.2, 0.25) is 0 Å². The van der Waals surface area contributed by atoms with Gasteiger partial charge in [-0.3, -0.25) is 0 Å². The highest BCUT2D eigenvalue weighted by molar-refractivity contribution is 4.99. The summed E-state index contributed by atoms with van der Waals surface area (Å²) in [6.45, 7) is 0. The lowest BCUT2D eigenvalue weighted by Gasteiger charge is -2.31. The van der Waals surface area contributed by atoms with E-state index in [0.717, 1.165) is 5.92 Å². The Morgan fingerprint density at radius 2 is 1.00 bits per heavy atom.